The standard InChI is InChI=1S/C8H18N2OS/c1-3-7(8(9)11)10-5-4-6-12-2/h7,10H,3-6H2,1-2H3,(H2,9,11). The summed E-state index contributed by atoms with van der Waals surface area (Å²) in [4.78, 5) is 10.7. The first-order valence-electron chi connectivity index (χ1n) is 4.24. The number of hydrogen-bond acceptors (Lipinski definition) is 3. The number of hydrogen-bond donors (Lipinski definition) is 2. The fourth-order valence-corrected chi connectivity index (χ4v) is 1.37. The van der Waals surface area contributed by atoms with E-state index in [-0.39, 0.29) is 11.9 Å². The van der Waals surface area contributed by atoms with E-state index in [0.29, 0.717) is 0 Å². The van der Waals surface area contributed by atoms with Gasteiger partial charge in [0, 0.05) is 0 Å². The molecule has 3 N–H and O–H groups in total. The van der Waals surface area contributed by atoms with Crippen molar-refractivity contribution >= 4 is 17.7 Å². The minimum absolute atomic E-state index is 0.146. The van der Waals surface area contributed by atoms with Gasteiger partial charge in [-0.05, 0) is 31.4 Å². The molecule has 1 unspecified atom stereocenters. The van der Waals surface area contributed by atoms with Crippen LogP contribution in [0.25, 0.3) is 0 Å². The molecule has 0 heterocycles. The Morgan fingerprint density at radius 2 is 2.33 bits per heavy atom. The van der Waals surface area contributed by atoms with Crippen LogP contribution in [-0.2, 0) is 4.79 Å². The van der Waals surface area contributed by atoms with Crippen LogP contribution in [0.1, 0.15) is 19.8 Å². The van der Waals surface area contributed by atoms with Gasteiger partial charge in [0.25, 0.3) is 0 Å². The predicted octanol–water partition coefficient (Wildman–Crippen LogP) is 0.593. The summed E-state index contributed by atoms with van der Waals surface area (Å²) in [6, 6.07) is -0.146. The molecule has 0 rings (SSSR count). The third-order valence-corrected chi connectivity index (χ3v) is 2.36. The van der Waals surface area contributed by atoms with Crippen LogP contribution in [0.4, 0.5) is 0 Å². The molecule has 3 nitrogen and oxygen atoms in total. The molecule has 72 valence electrons. The fourth-order valence-electron chi connectivity index (χ4n) is 0.939. The van der Waals surface area contributed by atoms with Crippen molar-refractivity contribution in [3.05, 3.63) is 0 Å². The SMILES string of the molecule is CCC(NCCCSC)C(N)=O. The molecule has 0 spiro atoms. The summed E-state index contributed by atoms with van der Waals surface area (Å²) in [6.07, 6.45) is 3.94. The van der Waals surface area contributed by atoms with Crippen LogP contribution < -0.4 is 11.1 Å². The topological polar surface area (TPSA) is 55.1 Å². The molecule has 0 radical (unpaired) electrons. The second kappa shape index (κ2) is 7.43. The van der Waals surface area contributed by atoms with Crippen LogP contribution in [0, 0.1) is 0 Å². The highest BCUT2D eigenvalue weighted by Gasteiger charge is 2.10. The first kappa shape index (κ1) is 11.8. The molecule has 0 aromatic carbocycles. The largest absolute Gasteiger partial charge is 0.368 e. The zero-order chi connectivity index (χ0) is 9.40. The van der Waals surface area contributed by atoms with Crippen molar-refractivity contribution in [1.82, 2.24) is 5.32 Å². The molecular weight excluding hydrogens is 172 g/mol. The predicted molar refractivity (Wildman–Crippen MR) is 54.3 cm³/mol. The molecule has 0 aliphatic rings. The van der Waals surface area contributed by atoms with Crippen molar-refractivity contribution in [2.45, 2.75) is 25.8 Å². The third kappa shape index (κ3) is 5.43. The lowest BCUT2D eigenvalue weighted by atomic mass is 10.2. The third-order valence-electron chi connectivity index (χ3n) is 1.67. The van der Waals surface area contributed by atoms with Crippen LogP contribution in [0.2, 0.25) is 0 Å². The van der Waals surface area contributed by atoms with Gasteiger partial charge in [0.05, 0.1) is 6.04 Å². The molecule has 0 bridgehead atoms. The lowest BCUT2D eigenvalue weighted by molar-refractivity contribution is -0.120. The summed E-state index contributed by atoms with van der Waals surface area (Å²) >= 11 is 1.81. The van der Waals surface area contributed by atoms with Gasteiger partial charge in [-0.1, -0.05) is 6.92 Å². The molecule has 4 heteroatoms. The molecule has 1 amide bonds. The van der Waals surface area contributed by atoms with Crippen molar-refractivity contribution < 1.29 is 4.79 Å². The number of carbonyl (C=O) groups is 1. The summed E-state index contributed by atoms with van der Waals surface area (Å²) in [5.74, 6) is 0.879. The maximum absolute atomic E-state index is 10.7. The summed E-state index contributed by atoms with van der Waals surface area (Å²) < 4.78 is 0. The van der Waals surface area contributed by atoms with E-state index in [1.807, 2.05) is 18.7 Å². The fraction of sp³-hybridized carbons (Fsp3) is 0.875. The van der Waals surface area contributed by atoms with Crippen LogP contribution in [0.3, 0.4) is 0 Å². The molecule has 0 aliphatic carbocycles. The van der Waals surface area contributed by atoms with E-state index >= 15 is 0 Å². The molecular formula is C8H18N2OS. The van der Waals surface area contributed by atoms with Crippen molar-refractivity contribution in [3.63, 3.8) is 0 Å². The minimum atomic E-state index is -0.248. The van der Waals surface area contributed by atoms with Crippen molar-refractivity contribution in [1.29, 1.82) is 0 Å². The Labute approximate surface area is 78.5 Å². The smallest absolute Gasteiger partial charge is 0.234 e. The Morgan fingerprint density at radius 3 is 2.75 bits per heavy atom. The average molecular weight is 190 g/mol. The molecule has 1 atom stereocenters. The second-order valence-electron chi connectivity index (χ2n) is 2.66. The van der Waals surface area contributed by atoms with Gasteiger partial charge in [0.15, 0.2) is 0 Å². The van der Waals surface area contributed by atoms with Gasteiger partial charge in [-0.25, -0.2) is 0 Å². The number of primary amides is 1. The highest BCUT2D eigenvalue weighted by atomic mass is 32.2. The van der Waals surface area contributed by atoms with E-state index in [1.54, 1.807) is 0 Å². The van der Waals surface area contributed by atoms with E-state index < -0.39 is 0 Å². The van der Waals surface area contributed by atoms with E-state index in [2.05, 4.69) is 11.6 Å². The molecule has 0 saturated heterocycles. The maximum atomic E-state index is 10.7. The highest BCUT2D eigenvalue weighted by molar-refractivity contribution is 7.98. The molecule has 12 heavy (non-hydrogen) atoms. The monoisotopic (exact) mass is 190 g/mol. The van der Waals surface area contributed by atoms with Gasteiger partial charge in [0.1, 0.15) is 0 Å². The minimum Gasteiger partial charge on any atom is -0.368 e. The van der Waals surface area contributed by atoms with Gasteiger partial charge < -0.3 is 11.1 Å². The Bertz CT molecular complexity index is 130. The lowest BCUT2D eigenvalue weighted by Crippen LogP contribution is -2.41. The Hall–Kier alpha value is -0.220. The summed E-state index contributed by atoms with van der Waals surface area (Å²) in [6.45, 7) is 2.83. The zero-order valence-electron chi connectivity index (χ0n) is 7.80. The Kier molecular flexibility index (Phi) is 7.29. The first-order chi connectivity index (χ1) is 5.72. The van der Waals surface area contributed by atoms with Crippen molar-refractivity contribution in [2.24, 2.45) is 5.73 Å². The molecule has 0 saturated carbocycles. The molecule has 0 aromatic rings. The molecule has 0 fully saturated rings. The van der Waals surface area contributed by atoms with Gasteiger partial charge in [-0.3, -0.25) is 4.79 Å². The number of thioether (sulfide) groups is 1. The maximum Gasteiger partial charge on any atom is 0.234 e. The van der Waals surface area contributed by atoms with Gasteiger partial charge in [-0.15, -0.1) is 0 Å². The quantitative estimate of drug-likeness (QED) is 0.578. The van der Waals surface area contributed by atoms with E-state index in [4.69, 9.17) is 5.73 Å². The van der Waals surface area contributed by atoms with E-state index in [9.17, 15) is 4.79 Å². The number of carbonyl (C=O) groups excluding carboxylic acids is 1. The van der Waals surface area contributed by atoms with Crippen LogP contribution in [0.5, 0.6) is 0 Å². The summed E-state index contributed by atoms with van der Waals surface area (Å²) in [7, 11) is 0. The highest BCUT2D eigenvalue weighted by Crippen LogP contribution is 1.95. The van der Waals surface area contributed by atoms with Crippen molar-refractivity contribution in [3.8, 4) is 0 Å². The number of nitrogens with two attached hydrogens (primary N) is 1. The number of rotatable bonds is 7. The van der Waals surface area contributed by atoms with E-state index in [1.165, 1.54) is 0 Å². The molecule has 0 aliphatic heterocycles. The van der Waals surface area contributed by atoms with Crippen molar-refractivity contribution in [2.75, 3.05) is 18.6 Å². The average Bonchev–Trinajstić information content (AvgIpc) is 2.04. The van der Waals surface area contributed by atoms with Crippen LogP contribution in [-0.4, -0.2) is 30.5 Å². The Morgan fingerprint density at radius 1 is 1.67 bits per heavy atom. The lowest BCUT2D eigenvalue weighted by Gasteiger charge is -2.12. The number of nitrogens with one attached hydrogen (secondary N) is 1. The van der Waals surface area contributed by atoms with Gasteiger partial charge in [-0.2, -0.15) is 11.8 Å². The zero-order valence-corrected chi connectivity index (χ0v) is 8.62. The Balaban J connectivity index is 3.38. The number of amides is 1. The first-order valence-corrected chi connectivity index (χ1v) is 5.63. The molecule has 0 aromatic heterocycles. The van der Waals surface area contributed by atoms with Crippen LogP contribution in [0.15, 0.2) is 0 Å². The van der Waals surface area contributed by atoms with E-state index in [0.717, 1.165) is 25.1 Å². The second-order valence-corrected chi connectivity index (χ2v) is 3.65. The summed E-state index contributed by atoms with van der Waals surface area (Å²) in [5.41, 5.74) is 5.16. The summed E-state index contributed by atoms with van der Waals surface area (Å²) in [5, 5.41) is 3.12. The normalized spacial score (nSPS) is 12.8. The van der Waals surface area contributed by atoms with Gasteiger partial charge >= 0.3 is 0 Å². The van der Waals surface area contributed by atoms with Crippen LogP contribution >= 0.6 is 11.8 Å². The van der Waals surface area contributed by atoms with Gasteiger partial charge in [0.2, 0.25) is 5.91 Å².